The summed E-state index contributed by atoms with van der Waals surface area (Å²) in [5, 5.41) is 9.02. The fraction of sp³-hybridized carbons (Fsp3) is 0.273. The maximum atomic E-state index is 12.9. The molecule has 1 aliphatic heterocycles. The molecule has 1 unspecified atom stereocenters. The van der Waals surface area contributed by atoms with Gasteiger partial charge in [-0.3, -0.25) is 0 Å². The second-order valence-electron chi connectivity index (χ2n) is 9.70. The Balaban J connectivity index is 1.43. The fourth-order valence-electron chi connectivity index (χ4n) is 4.82. The van der Waals surface area contributed by atoms with E-state index in [9.17, 15) is 9.59 Å². The van der Waals surface area contributed by atoms with E-state index in [-0.39, 0.29) is 17.5 Å². The molecular weight excluding hydrogens is 474 g/mol. The summed E-state index contributed by atoms with van der Waals surface area (Å²) in [4.78, 5) is 26.3. The highest BCUT2D eigenvalue weighted by molar-refractivity contribution is 5.96. The Morgan fingerprint density at radius 1 is 0.921 bits per heavy atom. The Bertz CT molecular complexity index is 1320. The van der Waals surface area contributed by atoms with E-state index in [1.165, 1.54) is 0 Å². The molecule has 0 amide bonds. The molecule has 38 heavy (non-hydrogen) atoms. The standard InChI is InChI=1S/C33H35NO4/c1-4-20-34(21-5-2)28-17-19-29-23(3)30(33(37)38-31(29)22-28)18-14-25-9-6-24(7-10-25)8-11-26-12-15-27(16-13-26)32(35)36/h6-18,22,29H,4-5,19-21H2,1-3H3,(H,35,36)/b11-8+,18-14+. The molecule has 0 fully saturated rings. The number of hydrogen-bond donors (Lipinski definition) is 1. The number of carbonyl (C=O) groups excluding carboxylic acids is 1. The molecule has 0 aromatic heterocycles. The molecule has 196 valence electrons. The molecule has 1 N–H and O–H groups in total. The monoisotopic (exact) mass is 509 g/mol. The molecule has 2 aliphatic rings. The van der Waals surface area contributed by atoms with Crippen molar-refractivity contribution in [1.29, 1.82) is 0 Å². The lowest BCUT2D eigenvalue weighted by atomic mass is 9.85. The van der Waals surface area contributed by atoms with Crippen molar-refractivity contribution in [2.45, 2.75) is 40.0 Å². The molecule has 0 radical (unpaired) electrons. The molecule has 1 heterocycles. The zero-order valence-electron chi connectivity index (χ0n) is 22.3. The smallest absolute Gasteiger partial charge is 0.343 e. The van der Waals surface area contributed by atoms with E-state index in [2.05, 4.69) is 24.8 Å². The first-order valence-electron chi connectivity index (χ1n) is 13.3. The van der Waals surface area contributed by atoms with Crippen LogP contribution in [-0.4, -0.2) is 35.0 Å². The summed E-state index contributed by atoms with van der Waals surface area (Å²) >= 11 is 0. The van der Waals surface area contributed by atoms with Gasteiger partial charge < -0.3 is 14.7 Å². The Hall–Kier alpha value is -4.12. The Morgan fingerprint density at radius 2 is 1.45 bits per heavy atom. The van der Waals surface area contributed by atoms with Gasteiger partial charge in [0, 0.05) is 30.8 Å². The van der Waals surface area contributed by atoms with Crippen LogP contribution < -0.4 is 0 Å². The van der Waals surface area contributed by atoms with Gasteiger partial charge in [-0.15, -0.1) is 0 Å². The third-order valence-electron chi connectivity index (χ3n) is 6.93. The lowest BCUT2D eigenvalue weighted by Gasteiger charge is -2.33. The maximum absolute atomic E-state index is 12.9. The fourth-order valence-corrected chi connectivity index (χ4v) is 4.82. The van der Waals surface area contributed by atoms with Crippen LogP contribution in [0.15, 0.2) is 89.4 Å². The number of aromatic carboxylic acids is 1. The molecule has 2 aromatic carbocycles. The zero-order valence-corrected chi connectivity index (χ0v) is 22.3. The summed E-state index contributed by atoms with van der Waals surface area (Å²) in [5.74, 6) is -0.376. The maximum Gasteiger partial charge on any atom is 0.343 e. The number of allylic oxidation sites excluding steroid dienone is 3. The van der Waals surface area contributed by atoms with Crippen LogP contribution >= 0.6 is 0 Å². The highest BCUT2D eigenvalue weighted by atomic mass is 16.5. The third-order valence-corrected chi connectivity index (χ3v) is 6.93. The number of rotatable bonds is 10. The van der Waals surface area contributed by atoms with Crippen LogP contribution in [0.5, 0.6) is 0 Å². The van der Waals surface area contributed by atoms with Crippen LogP contribution in [0.25, 0.3) is 18.2 Å². The minimum atomic E-state index is -0.931. The van der Waals surface area contributed by atoms with Crippen molar-refractivity contribution in [3.05, 3.63) is 112 Å². The summed E-state index contributed by atoms with van der Waals surface area (Å²) in [6.07, 6.45) is 15.1. The number of carbonyl (C=O) groups is 2. The first-order valence-corrected chi connectivity index (χ1v) is 13.3. The number of esters is 1. The first-order chi connectivity index (χ1) is 18.4. The molecule has 0 saturated heterocycles. The topological polar surface area (TPSA) is 66.8 Å². The minimum Gasteiger partial charge on any atom is -0.478 e. The third kappa shape index (κ3) is 6.41. The van der Waals surface area contributed by atoms with Gasteiger partial charge in [0.15, 0.2) is 0 Å². The van der Waals surface area contributed by atoms with Crippen LogP contribution in [0.2, 0.25) is 0 Å². The van der Waals surface area contributed by atoms with Crippen molar-refractivity contribution in [2.24, 2.45) is 5.92 Å². The number of carboxylic acids is 1. The highest BCUT2D eigenvalue weighted by Gasteiger charge is 2.32. The molecule has 4 rings (SSSR count). The predicted molar refractivity (Wildman–Crippen MR) is 153 cm³/mol. The van der Waals surface area contributed by atoms with Gasteiger partial charge in [0.05, 0.1) is 11.1 Å². The molecule has 0 spiro atoms. The largest absolute Gasteiger partial charge is 0.478 e. The highest BCUT2D eigenvalue weighted by Crippen LogP contribution is 2.38. The summed E-state index contributed by atoms with van der Waals surface area (Å²) < 4.78 is 5.82. The van der Waals surface area contributed by atoms with Crippen LogP contribution in [0.1, 0.15) is 67.1 Å². The average Bonchev–Trinajstić information content (AvgIpc) is 2.92. The molecule has 5 nitrogen and oxygen atoms in total. The molecule has 0 bridgehead atoms. The number of ether oxygens (including phenoxy) is 1. The van der Waals surface area contributed by atoms with Gasteiger partial charge in [0.2, 0.25) is 0 Å². The van der Waals surface area contributed by atoms with Gasteiger partial charge in [-0.2, -0.15) is 0 Å². The number of carboxylic acid groups (broad SMARTS) is 1. The van der Waals surface area contributed by atoms with Gasteiger partial charge in [0.1, 0.15) is 5.76 Å². The van der Waals surface area contributed by atoms with Gasteiger partial charge in [-0.05, 0) is 66.7 Å². The van der Waals surface area contributed by atoms with Crippen LogP contribution in [-0.2, 0) is 9.53 Å². The number of nitrogens with zero attached hydrogens (tertiary/aromatic N) is 1. The Labute approximate surface area is 225 Å². The first kappa shape index (κ1) is 26.9. The number of benzene rings is 2. The Kier molecular flexibility index (Phi) is 8.80. The van der Waals surface area contributed by atoms with Crippen LogP contribution in [0.4, 0.5) is 0 Å². The van der Waals surface area contributed by atoms with E-state index in [1.54, 1.807) is 24.3 Å². The Morgan fingerprint density at radius 3 is 1.97 bits per heavy atom. The van der Waals surface area contributed by atoms with Gasteiger partial charge in [-0.25, -0.2) is 9.59 Å². The molecule has 0 saturated carbocycles. The SMILES string of the molecule is CCCN(CCC)C1=CCC2C(=C1)OC(=O)C(/C=C/c1ccc(/C=C/c3ccc(C(=O)O)cc3)cc1)=C2C. The van der Waals surface area contributed by atoms with Crippen LogP contribution in [0, 0.1) is 5.92 Å². The summed E-state index contributed by atoms with van der Waals surface area (Å²) in [6, 6.07) is 14.8. The molecule has 2 aromatic rings. The van der Waals surface area contributed by atoms with Crippen molar-refractivity contribution in [3.8, 4) is 0 Å². The van der Waals surface area contributed by atoms with E-state index in [0.717, 1.165) is 66.1 Å². The average molecular weight is 510 g/mol. The zero-order chi connectivity index (χ0) is 27.1. The van der Waals surface area contributed by atoms with Gasteiger partial charge >= 0.3 is 11.9 Å². The summed E-state index contributed by atoms with van der Waals surface area (Å²) in [7, 11) is 0. The van der Waals surface area contributed by atoms with Crippen molar-refractivity contribution >= 4 is 30.2 Å². The van der Waals surface area contributed by atoms with E-state index < -0.39 is 5.97 Å². The van der Waals surface area contributed by atoms with Gasteiger partial charge in [0.25, 0.3) is 0 Å². The normalized spacial score (nSPS) is 17.3. The van der Waals surface area contributed by atoms with E-state index >= 15 is 0 Å². The quantitative estimate of drug-likeness (QED) is 0.268. The minimum absolute atomic E-state index is 0.0956. The van der Waals surface area contributed by atoms with Crippen molar-refractivity contribution < 1.29 is 19.4 Å². The number of fused-ring (bicyclic) bond motifs is 1. The van der Waals surface area contributed by atoms with E-state index in [0.29, 0.717) is 5.57 Å². The van der Waals surface area contributed by atoms with Crippen molar-refractivity contribution in [2.75, 3.05) is 13.1 Å². The molecule has 1 aliphatic carbocycles. The second-order valence-corrected chi connectivity index (χ2v) is 9.70. The van der Waals surface area contributed by atoms with E-state index in [4.69, 9.17) is 9.84 Å². The lowest BCUT2D eigenvalue weighted by molar-refractivity contribution is -0.136. The van der Waals surface area contributed by atoms with Crippen molar-refractivity contribution in [3.63, 3.8) is 0 Å². The van der Waals surface area contributed by atoms with Crippen molar-refractivity contribution in [1.82, 2.24) is 4.90 Å². The van der Waals surface area contributed by atoms with E-state index in [1.807, 2.05) is 61.6 Å². The van der Waals surface area contributed by atoms with Crippen LogP contribution in [0.3, 0.4) is 0 Å². The molecule has 5 heteroatoms. The lowest BCUT2D eigenvalue weighted by Crippen LogP contribution is -2.29. The molecule has 1 atom stereocenters. The number of hydrogen-bond acceptors (Lipinski definition) is 4. The summed E-state index contributed by atoms with van der Waals surface area (Å²) in [6.45, 7) is 8.40. The summed E-state index contributed by atoms with van der Waals surface area (Å²) in [5.41, 5.74) is 6.04. The molecular formula is C33H35NO4. The second kappa shape index (κ2) is 12.4. The predicted octanol–water partition coefficient (Wildman–Crippen LogP) is 7.35. The van der Waals surface area contributed by atoms with Gasteiger partial charge in [-0.1, -0.05) is 74.5 Å².